The van der Waals surface area contributed by atoms with E-state index in [4.69, 9.17) is 0 Å². The molecule has 0 amide bonds. The summed E-state index contributed by atoms with van der Waals surface area (Å²) in [5, 5.41) is 2.44. The Bertz CT molecular complexity index is 3090. The lowest BCUT2D eigenvalue weighted by molar-refractivity contribution is 1.02. The van der Waals surface area contributed by atoms with Gasteiger partial charge in [0, 0.05) is 22.7 Å². The van der Waals surface area contributed by atoms with Crippen molar-refractivity contribution >= 4 is 27.8 Å². The van der Waals surface area contributed by atoms with Crippen LogP contribution in [0.2, 0.25) is 0 Å². The van der Waals surface area contributed by atoms with Crippen molar-refractivity contribution in [2.24, 2.45) is 0 Å². The highest BCUT2D eigenvalue weighted by Gasteiger charge is 2.29. The molecule has 0 N–H and O–H groups in total. The van der Waals surface area contributed by atoms with Gasteiger partial charge in [-0.15, -0.1) is 0 Å². The molecular formula is C59H41N. The third kappa shape index (κ3) is 6.47. The quantitative estimate of drug-likeness (QED) is 0.149. The Morgan fingerprint density at radius 2 is 0.717 bits per heavy atom. The van der Waals surface area contributed by atoms with Crippen LogP contribution in [0.3, 0.4) is 0 Å². The van der Waals surface area contributed by atoms with Gasteiger partial charge in [-0.25, -0.2) is 0 Å². The first-order chi connectivity index (χ1) is 29.7. The summed E-state index contributed by atoms with van der Waals surface area (Å²) in [4.78, 5) is 2.37. The summed E-state index contributed by atoms with van der Waals surface area (Å²) in [6.45, 7) is 0. The fourth-order valence-corrected chi connectivity index (χ4v) is 9.16. The molecule has 1 heteroatoms. The van der Waals surface area contributed by atoms with Crippen LogP contribution in [0.1, 0.15) is 22.6 Å². The molecule has 0 aliphatic heterocycles. The molecule has 1 aliphatic rings. The molecule has 0 fully saturated rings. The first kappa shape index (κ1) is 35.4. The predicted molar refractivity (Wildman–Crippen MR) is 253 cm³/mol. The Hall–Kier alpha value is -7.74. The highest BCUT2D eigenvalue weighted by molar-refractivity contribution is 5.99. The van der Waals surface area contributed by atoms with Crippen molar-refractivity contribution in [3.05, 3.63) is 259 Å². The molecule has 0 radical (unpaired) electrons. The predicted octanol–water partition coefficient (Wildman–Crippen LogP) is 16.1. The second kappa shape index (κ2) is 15.2. The Balaban J connectivity index is 0.854. The zero-order valence-corrected chi connectivity index (χ0v) is 33.1. The van der Waals surface area contributed by atoms with E-state index in [1.807, 2.05) is 0 Å². The molecule has 10 aromatic rings. The van der Waals surface area contributed by atoms with Crippen LogP contribution in [-0.4, -0.2) is 0 Å². The van der Waals surface area contributed by atoms with Gasteiger partial charge >= 0.3 is 0 Å². The van der Waals surface area contributed by atoms with Gasteiger partial charge in [0.2, 0.25) is 0 Å². The van der Waals surface area contributed by atoms with Gasteiger partial charge in [-0.05, 0) is 114 Å². The topological polar surface area (TPSA) is 3.24 Å². The summed E-state index contributed by atoms with van der Waals surface area (Å²) in [6.07, 6.45) is 0. The van der Waals surface area contributed by atoms with Gasteiger partial charge in [0.1, 0.15) is 0 Å². The lowest BCUT2D eigenvalue weighted by Gasteiger charge is -2.27. The molecule has 1 unspecified atom stereocenters. The molecular weight excluding hydrogens is 723 g/mol. The van der Waals surface area contributed by atoms with Crippen molar-refractivity contribution in [2.75, 3.05) is 4.90 Å². The number of benzene rings is 10. The molecule has 0 bridgehead atoms. The van der Waals surface area contributed by atoms with Crippen LogP contribution in [0.15, 0.2) is 243 Å². The molecule has 1 nitrogen and oxygen atoms in total. The van der Waals surface area contributed by atoms with E-state index in [2.05, 4.69) is 248 Å². The van der Waals surface area contributed by atoms with E-state index >= 15 is 0 Å². The highest BCUT2D eigenvalue weighted by atomic mass is 15.1. The molecule has 0 saturated carbocycles. The van der Waals surface area contributed by atoms with Crippen LogP contribution in [0.5, 0.6) is 0 Å². The first-order valence-corrected chi connectivity index (χ1v) is 20.8. The van der Waals surface area contributed by atoms with Gasteiger partial charge in [-0.3, -0.25) is 0 Å². The van der Waals surface area contributed by atoms with E-state index in [-0.39, 0.29) is 5.92 Å². The zero-order valence-electron chi connectivity index (χ0n) is 33.1. The van der Waals surface area contributed by atoms with Crippen molar-refractivity contribution in [3.63, 3.8) is 0 Å². The molecule has 282 valence electrons. The fraction of sp³-hybridized carbons (Fsp3) is 0.0169. The molecule has 60 heavy (non-hydrogen) atoms. The Labute approximate surface area is 352 Å². The van der Waals surface area contributed by atoms with Gasteiger partial charge in [-0.2, -0.15) is 0 Å². The van der Waals surface area contributed by atoms with Crippen molar-refractivity contribution in [2.45, 2.75) is 5.92 Å². The van der Waals surface area contributed by atoms with E-state index in [1.165, 1.54) is 83.1 Å². The smallest absolute Gasteiger partial charge is 0.0540 e. The van der Waals surface area contributed by atoms with Gasteiger partial charge in [0.15, 0.2) is 0 Å². The number of hydrogen-bond acceptors (Lipinski definition) is 1. The van der Waals surface area contributed by atoms with Crippen molar-refractivity contribution in [1.29, 1.82) is 0 Å². The van der Waals surface area contributed by atoms with Crippen LogP contribution >= 0.6 is 0 Å². The number of rotatable bonds is 8. The molecule has 1 aliphatic carbocycles. The minimum absolute atomic E-state index is 0.267. The summed E-state index contributed by atoms with van der Waals surface area (Å²) >= 11 is 0. The Kier molecular flexibility index (Phi) is 8.98. The summed E-state index contributed by atoms with van der Waals surface area (Å²) < 4.78 is 0. The van der Waals surface area contributed by atoms with Gasteiger partial charge in [0.25, 0.3) is 0 Å². The second-order valence-electron chi connectivity index (χ2n) is 15.7. The fourth-order valence-electron chi connectivity index (χ4n) is 9.16. The summed E-state index contributed by atoms with van der Waals surface area (Å²) in [7, 11) is 0. The van der Waals surface area contributed by atoms with E-state index < -0.39 is 0 Å². The maximum atomic E-state index is 2.38. The number of nitrogens with zero attached hydrogens (tertiary/aromatic N) is 1. The molecule has 1 atom stereocenters. The van der Waals surface area contributed by atoms with Crippen LogP contribution in [0.25, 0.3) is 66.4 Å². The van der Waals surface area contributed by atoms with Crippen LogP contribution in [0, 0.1) is 0 Å². The molecule has 0 heterocycles. The van der Waals surface area contributed by atoms with E-state index in [0.717, 1.165) is 17.1 Å². The monoisotopic (exact) mass is 763 g/mol. The molecule has 0 saturated heterocycles. The minimum atomic E-state index is 0.267. The largest absolute Gasteiger partial charge is 0.310 e. The normalized spacial score (nSPS) is 12.8. The maximum absolute atomic E-state index is 2.38. The van der Waals surface area contributed by atoms with Crippen molar-refractivity contribution < 1.29 is 0 Å². The third-order valence-electron chi connectivity index (χ3n) is 12.2. The summed E-state index contributed by atoms with van der Waals surface area (Å²) in [6, 6.07) is 88.4. The van der Waals surface area contributed by atoms with Crippen molar-refractivity contribution in [3.8, 4) is 55.6 Å². The Morgan fingerprint density at radius 3 is 1.33 bits per heavy atom. The standard InChI is InChI=1S/C59H41N/c1-3-12-41(13-4-1)45-30-35-51(36-31-45)60(58-21-11-17-48-14-7-8-18-53(48)58)52-37-32-46(33-38-52)44-24-22-42(23-25-44)43-26-28-47(29-27-43)50-34-39-56-57(40-50)54-19-9-10-20-55(54)59(56)49-15-5-2-6-16-49/h1-40,59H. The molecule has 10 aromatic carbocycles. The third-order valence-corrected chi connectivity index (χ3v) is 12.2. The second-order valence-corrected chi connectivity index (χ2v) is 15.7. The van der Waals surface area contributed by atoms with Gasteiger partial charge in [0.05, 0.1) is 5.69 Å². The van der Waals surface area contributed by atoms with Gasteiger partial charge in [-0.1, -0.05) is 206 Å². The molecule has 11 rings (SSSR count). The van der Waals surface area contributed by atoms with Crippen LogP contribution in [0.4, 0.5) is 17.1 Å². The Morgan fingerprint density at radius 1 is 0.283 bits per heavy atom. The van der Waals surface area contributed by atoms with E-state index in [0.29, 0.717) is 0 Å². The lowest BCUT2D eigenvalue weighted by atomic mass is 9.89. The molecule has 0 aromatic heterocycles. The summed E-state index contributed by atoms with van der Waals surface area (Å²) in [5.41, 5.74) is 19.9. The van der Waals surface area contributed by atoms with Crippen molar-refractivity contribution in [1.82, 2.24) is 0 Å². The van der Waals surface area contributed by atoms with E-state index in [9.17, 15) is 0 Å². The minimum Gasteiger partial charge on any atom is -0.310 e. The number of anilines is 3. The average Bonchev–Trinajstić information content (AvgIpc) is 3.66. The van der Waals surface area contributed by atoms with E-state index in [1.54, 1.807) is 0 Å². The average molecular weight is 764 g/mol. The lowest BCUT2D eigenvalue weighted by Crippen LogP contribution is -2.10. The number of hydrogen-bond donors (Lipinski definition) is 0. The van der Waals surface area contributed by atoms with Crippen LogP contribution in [-0.2, 0) is 0 Å². The molecule has 0 spiro atoms. The maximum Gasteiger partial charge on any atom is 0.0540 e. The number of fused-ring (bicyclic) bond motifs is 4. The SMILES string of the molecule is c1ccc(-c2ccc(N(c3ccc(-c4ccc(-c5ccc(-c6ccc7c(c6)-c6ccccc6C7c6ccccc6)cc5)cc4)cc3)c3cccc4ccccc34)cc2)cc1. The first-order valence-electron chi connectivity index (χ1n) is 20.8. The summed E-state index contributed by atoms with van der Waals surface area (Å²) in [5.74, 6) is 0.267. The zero-order chi connectivity index (χ0) is 39.8. The highest BCUT2D eigenvalue weighted by Crippen LogP contribution is 2.49. The van der Waals surface area contributed by atoms with Gasteiger partial charge < -0.3 is 4.90 Å². The van der Waals surface area contributed by atoms with Crippen LogP contribution < -0.4 is 4.90 Å².